The molecule has 1 fully saturated rings. The molecule has 2 atom stereocenters. The quantitative estimate of drug-likeness (QED) is 0.825. The minimum Gasteiger partial charge on any atom is -0.444 e. The van der Waals surface area contributed by atoms with E-state index in [-0.39, 0.29) is 18.0 Å². The number of benzene rings is 1. The van der Waals surface area contributed by atoms with Crippen LogP contribution in [0.25, 0.3) is 0 Å². The number of likely N-dealkylation sites (N-methyl/N-ethyl adjacent to an activating group) is 1. The molecule has 27 heavy (non-hydrogen) atoms. The molecular weight excluding hydrogens is 344 g/mol. The SMILES string of the molecule is CN(C(=O)OC(C)(C)C)C(CNC(=O)c1ccccc1)CC1CCCOC1. The summed E-state index contributed by atoms with van der Waals surface area (Å²) in [4.78, 5) is 26.5. The maximum Gasteiger partial charge on any atom is 0.410 e. The summed E-state index contributed by atoms with van der Waals surface area (Å²) in [6, 6.07) is 8.93. The first-order valence-electron chi connectivity index (χ1n) is 9.63. The molecule has 6 heteroatoms. The summed E-state index contributed by atoms with van der Waals surface area (Å²) in [6.07, 6.45) is 2.50. The number of nitrogens with one attached hydrogen (secondary N) is 1. The molecule has 0 spiro atoms. The van der Waals surface area contributed by atoms with Crippen molar-refractivity contribution in [1.29, 1.82) is 0 Å². The van der Waals surface area contributed by atoms with Crippen LogP contribution in [-0.2, 0) is 9.47 Å². The highest BCUT2D eigenvalue weighted by molar-refractivity contribution is 5.94. The van der Waals surface area contributed by atoms with Crippen LogP contribution in [0.4, 0.5) is 4.79 Å². The van der Waals surface area contributed by atoms with E-state index < -0.39 is 5.60 Å². The maximum absolute atomic E-state index is 12.5. The van der Waals surface area contributed by atoms with Crippen molar-refractivity contribution < 1.29 is 19.1 Å². The monoisotopic (exact) mass is 376 g/mol. The van der Waals surface area contributed by atoms with Gasteiger partial charge in [0.05, 0.1) is 6.04 Å². The van der Waals surface area contributed by atoms with Crippen molar-refractivity contribution in [2.75, 3.05) is 26.8 Å². The first-order chi connectivity index (χ1) is 12.8. The van der Waals surface area contributed by atoms with Gasteiger partial charge in [-0.3, -0.25) is 4.79 Å². The summed E-state index contributed by atoms with van der Waals surface area (Å²) < 4.78 is 11.1. The molecule has 2 amide bonds. The van der Waals surface area contributed by atoms with E-state index in [0.717, 1.165) is 25.9 Å². The lowest BCUT2D eigenvalue weighted by Crippen LogP contribution is -2.47. The van der Waals surface area contributed by atoms with Gasteiger partial charge in [0.1, 0.15) is 5.60 Å². The molecular formula is C21H32N2O4. The fourth-order valence-corrected chi connectivity index (χ4v) is 3.14. The smallest absolute Gasteiger partial charge is 0.410 e. The molecule has 1 aliphatic rings. The minimum absolute atomic E-state index is 0.141. The van der Waals surface area contributed by atoms with E-state index in [4.69, 9.17) is 9.47 Å². The molecule has 2 unspecified atom stereocenters. The highest BCUT2D eigenvalue weighted by atomic mass is 16.6. The summed E-state index contributed by atoms with van der Waals surface area (Å²) in [7, 11) is 1.73. The average molecular weight is 376 g/mol. The molecule has 1 N–H and O–H groups in total. The molecule has 1 saturated heterocycles. The Balaban J connectivity index is 2.01. The van der Waals surface area contributed by atoms with Crippen LogP contribution in [0.5, 0.6) is 0 Å². The summed E-state index contributed by atoms with van der Waals surface area (Å²) in [5.41, 5.74) is 0.0501. The van der Waals surface area contributed by atoms with Crippen molar-refractivity contribution in [2.24, 2.45) is 5.92 Å². The van der Waals surface area contributed by atoms with Crippen LogP contribution in [0.15, 0.2) is 30.3 Å². The van der Waals surface area contributed by atoms with Crippen LogP contribution >= 0.6 is 0 Å². The second kappa shape index (κ2) is 9.74. The zero-order valence-corrected chi connectivity index (χ0v) is 16.9. The van der Waals surface area contributed by atoms with Crippen LogP contribution in [0.2, 0.25) is 0 Å². The highest BCUT2D eigenvalue weighted by Crippen LogP contribution is 2.22. The van der Waals surface area contributed by atoms with Crippen molar-refractivity contribution in [3.8, 4) is 0 Å². The molecule has 0 radical (unpaired) electrons. The third kappa shape index (κ3) is 7.21. The van der Waals surface area contributed by atoms with E-state index in [1.54, 1.807) is 24.1 Å². The highest BCUT2D eigenvalue weighted by Gasteiger charge is 2.28. The van der Waals surface area contributed by atoms with Gasteiger partial charge in [0.25, 0.3) is 5.91 Å². The Labute approximate surface area is 162 Å². The van der Waals surface area contributed by atoms with Crippen LogP contribution in [-0.4, -0.2) is 55.3 Å². The standard InChI is InChI=1S/C21H32N2O4/c1-21(2,3)27-20(25)23(4)18(13-16-9-8-12-26-15-16)14-22-19(24)17-10-6-5-7-11-17/h5-7,10-11,16,18H,8-9,12-15H2,1-4H3,(H,22,24). The third-order valence-electron chi connectivity index (χ3n) is 4.62. The number of ether oxygens (including phenoxy) is 2. The fraction of sp³-hybridized carbons (Fsp3) is 0.619. The number of carbonyl (C=O) groups excluding carboxylic acids is 2. The lowest BCUT2D eigenvalue weighted by atomic mass is 9.93. The molecule has 0 aromatic heterocycles. The number of nitrogens with zero attached hydrogens (tertiary/aromatic N) is 1. The van der Waals surface area contributed by atoms with E-state index in [1.165, 1.54) is 0 Å². The Bertz CT molecular complexity index is 606. The third-order valence-corrected chi connectivity index (χ3v) is 4.62. The first-order valence-corrected chi connectivity index (χ1v) is 9.63. The Hall–Kier alpha value is -2.08. The maximum atomic E-state index is 12.5. The van der Waals surface area contributed by atoms with Gasteiger partial charge in [-0.1, -0.05) is 18.2 Å². The molecule has 150 valence electrons. The van der Waals surface area contributed by atoms with Crippen molar-refractivity contribution >= 4 is 12.0 Å². The van der Waals surface area contributed by atoms with Crippen molar-refractivity contribution in [2.45, 2.75) is 51.7 Å². The summed E-state index contributed by atoms with van der Waals surface area (Å²) in [5.74, 6) is 0.236. The zero-order chi connectivity index (χ0) is 19.9. The second-order valence-corrected chi connectivity index (χ2v) is 8.14. The van der Waals surface area contributed by atoms with Gasteiger partial charge in [-0.2, -0.15) is 0 Å². The summed E-state index contributed by atoms with van der Waals surface area (Å²) in [5, 5.41) is 2.96. The number of carbonyl (C=O) groups is 2. The van der Waals surface area contributed by atoms with E-state index in [2.05, 4.69) is 5.32 Å². The molecule has 0 aliphatic carbocycles. The van der Waals surface area contributed by atoms with Gasteiger partial charge in [0.2, 0.25) is 0 Å². The Morgan fingerprint density at radius 1 is 1.30 bits per heavy atom. The molecule has 0 saturated carbocycles. The van der Waals surface area contributed by atoms with Gasteiger partial charge in [-0.25, -0.2) is 4.79 Å². The van der Waals surface area contributed by atoms with Gasteiger partial charge in [0, 0.05) is 32.4 Å². The lowest BCUT2D eigenvalue weighted by Gasteiger charge is -2.34. The lowest BCUT2D eigenvalue weighted by molar-refractivity contribution is 0.0112. The van der Waals surface area contributed by atoms with Crippen LogP contribution in [0.1, 0.15) is 50.4 Å². The minimum atomic E-state index is -0.558. The largest absolute Gasteiger partial charge is 0.444 e. The average Bonchev–Trinajstić information content (AvgIpc) is 2.64. The Morgan fingerprint density at radius 2 is 2.00 bits per heavy atom. The van der Waals surface area contributed by atoms with Gasteiger partial charge < -0.3 is 19.7 Å². The van der Waals surface area contributed by atoms with Crippen molar-refractivity contribution in [3.63, 3.8) is 0 Å². The van der Waals surface area contributed by atoms with E-state index in [9.17, 15) is 9.59 Å². The Kier molecular flexibility index (Phi) is 7.66. The van der Waals surface area contributed by atoms with E-state index in [1.807, 2.05) is 39.0 Å². The van der Waals surface area contributed by atoms with E-state index in [0.29, 0.717) is 24.6 Å². The first kappa shape index (κ1) is 21.2. The van der Waals surface area contributed by atoms with Crippen LogP contribution in [0, 0.1) is 5.92 Å². The summed E-state index contributed by atoms with van der Waals surface area (Å²) in [6.45, 7) is 7.42. The predicted octanol–water partition coefficient (Wildman–Crippen LogP) is 3.47. The topological polar surface area (TPSA) is 67.9 Å². The molecule has 2 rings (SSSR count). The molecule has 1 heterocycles. The van der Waals surface area contributed by atoms with Crippen LogP contribution in [0.3, 0.4) is 0 Å². The molecule has 1 aromatic rings. The van der Waals surface area contributed by atoms with Gasteiger partial charge in [-0.05, 0) is 58.1 Å². The molecule has 6 nitrogen and oxygen atoms in total. The normalized spacial score (nSPS) is 18.4. The van der Waals surface area contributed by atoms with Crippen LogP contribution < -0.4 is 5.32 Å². The van der Waals surface area contributed by atoms with E-state index >= 15 is 0 Å². The summed E-state index contributed by atoms with van der Waals surface area (Å²) >= 11 is 0. The van der Waals surface area contributed by atoms with Gasteiger partial charge in [0.15, 0.2) is 0 Å². The fourth-order valence-electron chi connectivity index (χ4n) is 3.14. The number of hydrogen-bond acceptors (Lipinski definition) is 4. The van der Waals surface area contributed by atoms with Crippen molar-refractivity contribution in [1.82, 2.24) is 10.2 Å². The second-order valence-electron chi connectivity index (χ2n) is 8.14. The zero-order valence-electron chi connectivity index (χ0n) is 16.9. The van der Waals surface area contributed by atoms with Gasteiger partial charge in [-0.15, -0.1) is 0 Å². The van der Waals surface area contributed by atoms with Gasteiger partial charge >= 0.3 is 6.09 Å². The predicted molar refractivity (Wildman–Crippen MR) is 105 cm³/mol. The number of amides is 2. The Morgan fingerprint density at radius 3 is 2.59 bits per heavy atom. The number of hydrogen-bond donors (Lipinski definition) is 1. The molecule has 1 aromatic carbocycles. The molecule has 0 bridgehead atoms. The molecule has 1 aliphatic heterocycles. The van der Waals surface area contributed by atoms with Crippen molar-refractivity contribution in [3.05, 3.63) is 35.9 Å². The number of rotatable bonds is 6.